The minimum atomic E-state index is -0.503. The molecule has 130 valence electrons. The van der Waals surface area contributed by atoms with Crippen molar-refractivity contribution in [3.05, 3.63) is 23.3 Å². The zero-order valence-corrected chi connectivity index (χ0v) is 14.3. The van der Waals surface area contributed by atoms with Gasteiger partial charge in [-0.3, -0.25) is 9.59 Å². The third-order valence-electron chi connectivity index (χ3n) is 5.32. The highest BCUT2D eigenvalue weighted by Crippen LogP contribution is 2.30. The lowest BCUT2D eigenvalue weighted by Crippen LogP contribution is -2.43. The third-order valence-corrected chi connectivity index (χ3v) is 5.32. The highest BCUT2D eigenvalue weighted by atomic mass is 16.2. The van der Waals surface area contributed by atoms with Crippen LogP contribution >= 0.6 is 0 Å². The fourth-order valence-corrected chi connectivity index (χ4v) is 3.92. The average Bonchev–Trinajstić information content (AvgIpc) is 2.61. The number of hydrogen-bond donors (Lipinski definition) is 1. The van der Waals surface area contributed by atoms with Crippen LogP contribution in [0.25, 0.3) is 0 Å². The van der Waals surface area contributed by atoms with E-state index in [-0.39, 0.29) is 11.8 Å². The predicted molar refractivity (Wildman–Crippen MR) is 90.4 cm³/mol. The molecule has 0 unspecified atom stereocenters. The number of carbonyl (C=O) groups excluding carboxylic acids is 2. The number of carbonyl (C=O) groups is 2. The van der Waals surface area contributed by atoms with Gasteiger partial charge in [-0.25, -0.2) is 9.97 Å². The molecule has 3 rings (SSSR count). The number of likely N-dealkylation sites (tertiary alicyclic amines) is 1. The molecule has 0 spiro atoms. The minimum Gasteiger partial charge on any atom is -0.365 e. The van der Waals surface area contributed by atoms with Crippen molar-refractivity contribution in [2.75, 3.05) is 13.1 Å². The highest BCUT2D eigenvalue weighted by molar-refractivity contribution is 5.93. The largest absolute Gasteiger partial charge is 0.365 e. The summed E-state index contributed by atoms with van der Waals surface area (Å²) in [5.41, 5.74) is 6.30. The lowest BCUT2D eigenvalue weighted by molar-refractivity contribution is -0.137. The summed E-state index contributed by atoms with van der Waals surface area (Å²) in [5, 5.41) is 0. The van der Waals surface area contributed by atoms with Gasteiger partial charge in [-0.05, 0) is 32.6 Å². The van der Waals surface area contributed by atoms with Gasteiger partial charge in [0.25, 0.3) is 5.91 Å². The molecule has 1 saturated carbocycles. The number of piperidine rings is 1. The lowest BCUT2D eigenvalue weighted by Gasteiger charge is -2.35. The maximum atomic E-state index is 12.8. The summed E-state index contributed by atoms with van der Waals surface area (Å²) < 4.78 is 0. The summed E-state index contributed by atoms with van der Waals surface area (Å²) in [7, 11) is 0. The van der Waals surface area contributed by atoms with Crippen molar-refractivity contribution in [1.82, 2.24) is 14.9 Å². The van der Waals surface area contributed by atoms with Crippen LogP contribution < -0.4 is 5.73 Å². The molecular formula is C18H26N4O2. The Morgan fingerprint density at radius 3 is 2.58 bits per heavy atom. The number of nitrogens with zero attached hydrogens (tertiary/aromatic N) is 3. The monoisotopic (exact) mass is 330 g/mol. The Morgan fingerprint density at radius 2 is 1.92 bits per heavy atom. The maximum Gasteiger partial charge on any atom is 0.252 e. The second-order valence-electron chi connectivity index (χ2n) is 7.05. The third kappa shape index (κ3) is 3.57. The van der Waals surface area contributed by atoms with Gasteiger partial charge < -0.3 is 10.6 Å². The van der Waals surface area contributed by atoms with E-state index in [1.807, 2.05) is 4.90 Å². The molecule has 2 aliphatic rings. The number of aryl methyl sites for hydroxylation is 1. The number of amides is 2. The summed E-state index contributed by atoms with van der Waals surface area (Å²) in [4.78, 5) is 34.9. The Hall–Kier alpha value is -1.98. The molecule has 2 fully saturated rings. The topological polar surface area (TPSA) is 89.2 Å². The molecular weight excluding hydrogens is 304 g/mol. The van der Waals surface area contributed by atoms with E-state index in [2.05, 4.69) is 9.97 Å². The fraction of sp³-hybridized carbons (Fsp3) is 0.667. The first-order chi connectivity index (χ1) is 11.6. The average molecular weight is 330 g/mol. The quantitative estimate of drug-likeness (QED) is 0.920. The van der Waals surface area contributed by atoms with Gasteiger partial charge in [-0.15, -0.1) is 0 Å². The van der Waals surface area contributed by atoms with Crippen molar-refractivity contribution in [1.29, 1.82) is 0 Å². The van der Waals surface area contributed by atoms with Gasteiger partial charge >= 0.3 is 0 Å². The second kappa shape index (κ2) is 7.28. The van der Waals surface area contributed by atoms with Gasteiger partial charge in [0.2, 0.25) is 5.91 Å². The van der Waals surface area contributed by atoms with Crippen LogP contribution in [0.1, 0.15) is 72.7 Å². The van der Waals surface area contributed by atoms with Crippen molar-refractivity contribution in [2.24, 2.45) is 11.7 Å². The molecule has 1 saturated heterocycles. The Bertz CT molecular complexity index is 625. The Kier molecular flexibility index (Phi) is 5.11. The molecule has 6 heteroatoms. The highest BCUT2D eigenvalue weighted by Gasteiger charge is 2.31. The van der Waals surface area contributed by atoms with Crippen molar-refractivity contribution in [3.8, 4) is 0 Å². The molecule has 2 N–H and O–H groups in total. The van der Waals surface area contributed by atoms with Crippen molar-refractivity contribution >= 4 is 11.8 Å². The lowest BCUT2D eigenvalue weighted by atomic mass is 9.87. The van der Waals surface area contributed by atoms with E-state index in [0.29, 0.717) is 23.7 Å². The first-order valence-corrected chi connectivity index (χ1v) is 8.98. The van der Waals surface area contributed by atoms with Gasteiger partial charge in [-0.1, -0.05) is 19.3 Å². The SMILES string of the molecule is Cc1nc([C@@H]2CCCN(C(=O)C3CCCCC3)C2)ncc1C(N)=O. The molecule has 6 nitrogen and oxygen atoms in total. The standard InChI is InChI=1S/C18H26N4O2/c1-12-15(16(19)23)10-20-17(21-12)14-8-5-9-22(11-14)18(24)13-6-3-2-4-7-13/h10,13-14H,2-9,11H2,1H3,(H2,19,23)/t14-/m1/s1. The number of nitrogens with two attached hydrogens (primary N) is 1. The van der Waals surface area contributed by atoms with E-state index in [1.54, 1.807) is 6.92 Å². The zero-order chi connectivity index (χ0) is 17.1. The molecule has 2 amide bonds. The first kappa shape index (κ1) is 16.9. The number of hydrogen-bond acceptors (Lipinski definition) is 4. The molecule has 1 aromatic rings. The van der Waals surface area contributed by atoms with Crippen LogP contribution in [0.3, 0.4) is 0 Å². The summed E-state index contributed by atoms with van der Waals surface area (Å²) in [5.74, 6) is 0.879. The van der Waals surface area contributed by atoms with Crippen LogP contribution in [0, 0.1) is 12.8 Å². The van der Waals surface area contributed by atoms with Crippen LogP contribution in [0.4, 0.5) is 0 Å². The van der Waals surface area contributed by atoms with Crippen LogP contribution in [-0.2, 0) is 4.79 Å². The fourth-order valence-electron chi connectivity index (χ4n) is 3.92. The van der Waals surface area contributed by atoms with Crippen molar-refractivity contribution in [3.63, 3.8) is 0 Å². The van der Waals surface area contributed by atoms with Gasteiger partial charge in [0.1, 0.15) is 5.82 Å². The van der Waals surface area contributed by atoms with Crippen molar-refractivity contribution < 1.29 is 9.59 Å². The predicted octanol–water partition coefficient (Wildman–Crippen LogP) is 2.17. The zero-order valence-electron chi connectivity index (χ0n) is 14.3. The van der Waals surface area contributed by atoms with E-state index < -0.39 is 5.91 Å². The number of primary amides is 1. The van der Waals surface area contributed by atoms with Crippen LogP contribution in [0.2, 0.25) is 0 Å². The Balaban J connectivity index is 1.70. The Morgan fingerprint density at radius 1 is 1.17 bits per heavy atom. The summed E-state index contributed by atoms with van der Waals surface area (Å²) in [6.07, 6.45) is 9.13. The first-order valence-electron chi connectivity index (χ1n) is 8.98. The Labute approximate surface area is 142 Å². The molecule has 1 aliphatic carbocycles. The van der Waals surface area contributed by atoms with E-state index >= 15 is 0 Å². The smallest absolute Gasteiger partial charge is 0.252 e. The minimum absolute atomic E-state index is 0.145. The van der Waals surface area contributed by atoms with E-state index in [9.17, 15) is 9.59 Å². The van der Waals surface area contributed by atoms with Crippen LogP contribution in [0.5, 0.6) is 0 Å². The van der Waals surface area contributed by atoms with E-state index in [4.69, 9.17) is 5.73 Å². The molecule has 2 heterocycles. The molecule has 1 aliphatic heterocycles. The number of aromatic nitrogens is 2. The van der Waals surface area contributed by atoms with Gasteiger partial charge in [-0.2, -0.15) is 0 Å². The van der Waals surface area contributed by atoms with Crippen molar-refractivity contribution in [2.45, 2.75) is 57.8 Å². The molecule has 1 aromatic heterocycles. The summed E-state index contributed by atoms with van der Waals surface area (Å²) in [6.45, 7) is 3.30. The van der Waals surface area contributed by atoms with Gasteiger partial charge in [0.15, 0.2) is 0 Å². The summed E-state index contributed by atoms with van der Waals surface area (Å²) in [6, 6.07) is 0. The molecule has 24 heavy (non-hydrogen) atoms. The maximum absolute atomic E-state index is 12.8. The van der Waals surface area contributed by atoms with Crippen LogP contribution in [0.15, 0.2) is 6.20 Å². The van der Waals surface area contributed by atoms with Gasteiger partial charge in [0.05, 0.1) is 11.3 Å². The normalized spacial score (nSPS) is 22.4. The molecule has 0 aromatic carbocycles. The second-order valence-corrected chi connectivity index (χ2v) is 7.05. The molecule has 0 bridgehead atoms. The van der Waals surface area contributed by atoms with Gasteiger partial charge in [0, 0.05) is 31.1 Å². The molecule has 0 radical (unpaired) electrons. The number of rotatable bonds is 3. The molecule has 1 atom stereocenters. The van der Waals surface area contributed by atoms with E-state index in [0.717, 1.165) is 38.1 Å². The van der Waals surface area contributed by atoms with E-state index in [1.165, 1.54) is 25.5 Å². The van der Waals surface area contributed by atoms with Crippen LogP contribution in [-0.4, -0.2) is 39.8 Å². The summed E-state index contributed by atoms with van der Waals surface area (Å²) >= 11 is 0.